The Bertz CT molecular complexity index is 1030. The SMILES string of the molecule is COc1cc(Cl)c(C)cc1NC(=O)c1nn(-c2ccc(C)cc2C)nc1C. The van der Waals surface area contributed by atoms with E-state index in [-0.39, 0.29) is 11.6 Å². The number of benzene rings is 2. The number of anilines is 1. The van der Waals surface area contributed by atoms with Crippen LogP contribution in [0.4, 0.5) is 5.69 Å². The average Bonchev–Trinajstić information content (AvgIpc) is 2.99. The third-order valence-corrected chi connectivity index (χ3v) is 4.70. The van der Waals surface area contributed by atoms with Gasteiger partial charge in [0.1, 0.15) is 5.75 Å². The molecule has 0 aliphatic carbocycles. The molecule has 27 heavy (non-hydrogen) atoms. The Balaban J connectivity index is 1.93. The van der Waals surface area contributed by atoms with Crippen LogP contribution in [-0.2, 0) is 0 Å². The van der Waals surface area contributed by atoms with E-state index in [9.17, 15) is 4.79 Å². The predicted molar refractivity (Wildman–Crippen MR) is 106 cm³/mol. The highest BCUT2D eigenvalue weighted by Gasteiger charge is 2.19. The van der Waals surface area contributed by atoms with Crippen molar-refractivity contribution in [2.24, 2.45) is 0 Å². The van der Waals surface area contributed by atoms with Crippen LogP contribution in [0.15, 0.2) is 30.3 Å². The lowest BCUT2D eigenvalue weighted by molar-refractivity contribution is 0.102. The fourth-order valence-corrected chi connectivity index (χ4v) is 2.99. The van der Waals surface area contributed by atoms with Crippen molar-refractivity contribution in [2.45, 2.75) is 27.7 Å². The molecule has 0 radical (unpaired) electrons. The number of aromatic nitrogens is 3. The van der Waals surface area contributed by atoms with E-state index in [1.54, 1.807) is 19.1 Å². The maximum absolute atomic E-state index is 12.8. The summed E-state index contributed by atoms with van der Waals surface area (Å²) in [5.41, 5.74) is 5.19. The van der Waals surface area contributed by atoms with Crippen LogP contribution in [0, 0.1) is 27.7 Å². The van der Waals surface area contributed by atoms with Crippen molar-refractivity contribution in [3.8, 4) is 11.4 Å². The zero-order valence-electron chi connectivity index (χ0n) is 15.9. The Morgan fingerprint density at radius 1 is 1.07 bits per heavy atom. The molecular weight excluding hydrogens is 364 g/mol. The second-order valence-corrected chi connectivity index (χ2v) is 6.88. The molecule has 0 aliphatic rings. The van der Waals surface area contributed by atoms with Gasteiger partial charge in [-0.2, -0.15) is 9.90 Å². The van der Waals surface area contributed by atoms with Gasteiger partial charge in [0.25, 0.3) is 5.91 Å². The van der Waals surface area contributed by atoms with Gasteiger partial charge in [0.15, 0.2) is 5.69 Å². The van der Waals surface area contributed by atoms with Crippen LogP contribution in [0.2, 0.25) is 5.02 Å². The first-order valence-corrected chi connectivity index (χ1v) is 8.85. The second-order valence-electron chi connectivity index (χ2n) is 6.47. The molecule has 0 bridgehead atoms. The number of nitrogens with one attached hydrogen (secondary N) is 1. The molecule has 0 saturated carbocycles. The van der Waals surface area contributed by atoms with Gasteiger partial charge in [0.2, 0.25) is 0 Å². The molecule has 0 aliphatic heterocycles. The highest BCUT2D eigenvalue weighted by molar-refractivity contribution is 6.31. The molecule has 140 valence electrons. The number of amides is 1. The molecule has 1 N–H and O–H groups in total. The van der Waals surface area contributed by atoms with E-state index in [4.69, 9.17) is 16.3 Å². The summed E-state index contributed by atoms with van der Waals surface area (Å²) in [5.74, 6) is 0.127. The minimum Gasteiger partial charge on any atom is -0.495 e. The molecule has 0 fully saturated rings. The molecule has 0 atom stereocenters. The van der Waals surface area contributed by atoms with Crippen LogP contribution in [0.1, 0.15) is 32.9 Å². The Morgan fingerprint density at radius 3 is 2.48 bits per heavy atom. The van der Waals surface area contributed by atoms with Crippen molar-refractivity contribution in [3.05, 3.63) is 63.4 Å². The van der Waals surface area contributed by atoms with Crippen LogP contribution in [0.3, 0.4) is 0 Å². The molecule has 2 aromatic carbocycles. The molecule has 1 aromatic heterocycles. The first kappa shape index (κ1) is 18.9. The molecular formula is C20H21ClN4O2. The Kier molecular flexibility index (Phi) is 5.19. The van der Waals surface area contributed by atoms with E-state index in [1.165, 1.54) is 11.9 Å². The van der Waals surface area contributed by atoms with Crippen LogP contribution < -0.4 is 10.1 Å². The first-order chi connectivity index (χ1) is 12.8. The molecule has 3 aromatic rings. The van der Waals surface area contributed by atoms with Crippen molar-refractivity contribution in [3.63, 3.8) is 0 Å². The minimum atomic E-state index is -0.358. The van der Waals surface area contributed by atoms with Crippen molar-refractivity contribution < 1.29 is 9.53 Å². The quantitative estimate of drug-likeness (QED) is 0.723. The van der Waals surface area contributed by atoms with E-state index in [0.29, 0.717) is 22.2 Å². The lowest BCUT2D eigenvalue weighted by Crippen LogP contribution is -2.15. The van der Waals surface area contributed by atoms with Crippen LogP contribution in [0.5, 0.6) is 5.75 Å². The highest BCUT2D eigenvalue weighted by atomic mass is 35.5. The number of rotatable bonds is 4. The summed E-state index contributed by atoms with van der Waals surface area (Å²) in [7, 11) is 1.53. The van der Waals surface area contributed by atoms with E-state index >= 15 is 0 Å². The largest absolute Gasteiger partial charge is 0.495 e. The predicted octanol–water partition coefficient (Wildman–Crippen LogP) is 4.42. The van der Waals surface area contributed by atoms with Crippen molar-refractivity contribution in [1.29, 1.82) is 0 Å². The number of carbonyl (C=O) groups is 1. The van der Waals surface area contributed by atoms with Crippen molar-refractivity contribution in [1.82, 2.24) is 15.0 Å². The summed E-state index contributed by atoms with van der Waals surface area (Å²) in [5, 5.41) is 12.2. The van der Waals surface area contributed by atoms with E-state index < -0.39 is 0 Å². The molecule has 0 saturated heterocycles. The lowest BCUT2D eigenvalue weighted by atomic mass is 10.1. The number of ether oxygens (including phenoxy) is 1. The van der Waals surface area contributed by atoms with Crippen LogP contribution in [0.25, 0.3) is 5.69 Å². The average molecular weight is 385 g/mol. The Morgan fingerprint density at radius 2 is 1.81 bits per heavy atom. The number of aryl methyl sites for hydroxylation is 4. The normalized spacial score (nSPS) is 10.7. The first-order valence-electron chi connectivity index (χ1n) is 8.47. The topological polar surface area (TPSA) is 69.0 Å². The van der Waals surface area contributed by atoms with Crippen LogP contribution >= 0.6 is 11.6 Å². The van der Waals surface area contributed by atoms with Gasteiger partial charge in [0.05, 0.1) is 24.2 Å². The Hall–Kier alpha value is -2.86. The maximum Gasteiger partial charge on any atom is 0.278 e. The third-order valence-electron chi connectivity index (χ3n) is 4.29. The summed E-state index contributed by atoms with van der Waals surface area (Å²) >= 11 is 6.12. The number of hydrogen-bond donors (Lipinski definition) is 1. The molecule has 1 heterocycles. The highest BCUT2D eigenvalue weighted by Crippen LogP contribution is 2.31. The van der Waals surface area contributed by atoms with Crippen molar-refractivity contribution >= 4 is 23.2 Å². The summed E-state index contributed by atoms with van der Waals surface area (Å²) in [6.45, 7) is 7.63. The van der Waals surface area contributed by atoms with Gasteiger partial charge < -0.3 is 10.1 Å². The van der Waals surface area contributed by atoms with E-state index in [0.717, 1.165) is 22.4 Å². The zero-order chi connectivity index (χ0) is 19.7. The Labute approximate surface area is 163 Å². The second kappa shape index (κ2) is 7.40. The minimum absolute atomic E-state index is 0.254. The number of nitrogens with zero attached hydrogens (tertiary/aromatic N) is 3. The number of carbonyl (C=O) groups excluding carboxylic acids is 1. The van der Waals surface area contributed by atoms with Gasteiger partial charge in [-0.15, -0.1) is 5.10 Å². The third kappa shape index (κ3) is 3.80. The monoisotopic (exact) mass is 384 g/mol. The molecule has 6 nitrogen and oxygen atoms in total. The van der Waals surface area contributed by atoms with Gasteiger partial charge in [-0.1, -0.05) is 29.3 Å². The van der Waals surface area contributed by atoms with E-state index in [2.05, 4.69) is 21.6 Å². The van der Waals surface area contributed by atoms with Gasteiger partial charge >= 0.3 is 0 Å². The molecule has 0 spiro atoms. The number of hydrogen-bond acceptors (Lipinski definition) is 4. The fourth-order valence-electron chi connectivity index (χ4n) is 2.84. The molecule has 7 heteroatoms. The summed E-state index contributed by atoms with van der Waals surface area (Å²) in [4.78, 5) is 14.3. The maximum atomic E-state index is 12.8. The smallest absolute Gasteiger partial charge is 0.278 e. The van der Waals surface area contributed by atoms with Gasteiger partial charge in [-0.3, -0.25) is 4.79 Å². The zero-order valence-corrected chi connectivity index (χ0v) is 16.7. The van der Waals surface area contributed by atoms with Crippen LogP contribution in [-0.4, -0.2) is 28.0 Å². The lowest BCUT2D eigenvalue weighted by Gasteiger charge is -2.11. The number of halogens is 1. The van der Waals surface area contributed by atoms with Gasteiger partial charge in [0, 0.05) is 11.1 Å². The van der Waals surface area contributed by atoms with Gasteiger partial charge in [-0.25, -0.2) is 0 Å². The fraction of sp³-hybridized carbons (Fsp3) is 0.250. The standard InChI is InChI=1S/C20H21ClN4O2/c1-11-6-7-17(13(3)8-11)25-23-14(4)19(24-25)20(26)22-16-9-12(2)15(21)10-18(16)27-5/h6-10H,1-5H3,(H,22,26). The summed E-state index contributed by atoms with van der Waals surface area (Å²) in [6.07, 6.45) is 0. The van der Waals surface area contributed by atoms with Gasteiger partial charge in [-0.05, 0) is 51.0 Å². The summed E-state index contributed by atoms with van der Waals surface area (Å²) < 4.78 is 5.31. The van der Waals surface area contributed by atoms with Crippen molar-refractivity contribution in [2.75, 3.05) is 12.4 Å². The molecule has 0 unspecified atom stereocenters. The molecule has 3 rings (SSSR count). The molecule has 1 amide bonds. The number of methoxy groups -OCH3 is 1. The van der Waals surface area contributed by atoms with E-state index in [1.807, 2.05) is 32.9 Å². The summed E-state index contributed by atoms with van der Waals surface area (Å²) in [6, 6.07) is 9.42.